The summed E-state index contributed by atoms with van der Waals surface area (Å²) in [5.74, 6) is 0.903. The van der Waals surface area contributed by atoms with Crippen LogP contribution in [-0.2, 0) is 20.0 Å². The van der Waals surface area contributed by atoms with Gasteiger partial charge in [0.2, 0.25) is 0 Å². The van der Waals surface area contributed by atoms with Crippen LogP contribution in [0.4, 0.5) is 5.69 Å². The number of hydrogen-bond acceptors (Lipinski definition) is 3. The molecule has 2 aromatic rings. The third-order valence-corrected chi connectivity index (χ3v) is 4.10. The lowest BCUT2D eigenvalue weighted by Crippen LogP contribution is -2.35. The first-order valence-electron chi connectivity index (χ1n) is 6.32. The van der Waals surface area contributed by atoms with Gasteiger partial charge in [0, 0.05) is 12.7 Å². The zero-order chi connectivity index (χ0) is 13.4. The van der Waals surface area contributed by atoms with E-state index in [0.717, 1.165) is 12.2 Å². The van der Waals surface area contributed by atoms with E-state index >= 15 is 0 Å². The molecule has 1 aliphatic heterocycles. The summed E-state index contributed by atoms with van der Waals surface area (Å²) in [4.78, 5) is 6.53. The second-order valence-corrected chi connectivity index (χ2v) is 5.24. The average Bonchev–Trinajstić information content (AvgIpc) is 2.94. The van der Waals surface area contributed by atoms with E-state index in [9.17, 15) is 5.11 Å². The van der Waals surface area contributed by atoms with Crippen molar-refractivity contribution in [1.82, 2.24) is 9.55 Å². The molecule has 0 fully saturated rings. The van der Waals surface area contributed by atoms with Crippen LogP contribution in [0.1, 0.15) is 11.4 Å². The number of nitrogens with zero attached hydrogens (tertiary/aromatic N) is 3. The van der Waals surface area contributed by atoms with Gasteiger partial charge in [-0.1, -0.05) is 29.8 Å². The van der Waals surface area contributed by atoms with Gasteiger partial charge in [-0.05, 0) is 18.1 Å². The van der Waals surface area contributed by atoms with E-state index in [4.69, 9.17) is 11.6 Å². The normalized spacial score (nSPS) is 17.8. The Morgan fingerprint density at radius 2 is 2.21 bits per heavy atom. The fraction of sp³-hybridized carbons (Fsp3) is 0.357. The number of hydrogen-bond donors (Lipinski definition) is 1. The zero-order valence-electron chi connectivity index (χ0n) is 10.8. The highest BCUT2D eigenvalue weighted by molar-refractivity contribution is 6.29. The number of fused-ring (bicyclic) bond motifs is 1. The number of anilines is 1. The van der Waals surface area contributed by atoms with Crippen LogP contribution in [0.5, 0.6) is 0 Å². The van der Waals surface area contributed by atoms with Crippen LogP contribution in [0.15, 0.2) is 30.5 Å². The molecule has 1 N–H and O–H groups in total. The van der Waals surface area contributed by atoms with Crippen LogP contribution in [-0.4, -0.2) is 27.3 Å². The van der Waals surface area contributed by atoms with Crippen molar-refractivity contribution in [3.05, 3.63) is 47.0 Å². The van der Waals surface area contributed by atoms with Gasteiger partial charge >= 0.3 is 0 Å². The monoisotopic (exact) mass is 277 g/mol. The van der Waals surface area contributed by atoms with Crippen LogP contribution in [0.3, 0.4) is 0 Å². The molecule has 0 aliphatic carbocycles. The summed E-state index contributed by atoms with van der Waals surface area (Å²) < 4.78 is 1.87. The molecule has 0 saturated heterocycles. The molecule has 0 saturated carbocycles. The predicted octanol–water partition coefficient (Wildman–Crippen LogP) is 2.00. The van der Waals surface area contributed by atoms with E-state index < -0.39 is 0 Å². The molecule has 19 heavy (non-hydrogen) atoms. The van der Waals surface area contributed by atoms with E-state index in [1.807, 2.05) is 23.7 Å². The topological polar surface area (TPSA) is 41.3 Å². The SMILES string of the molecule is Cn1c(Cl)cnc1CN1c2ccccc2CC1CO. The minimum Gasteiger partial charge on any atom is -0.394 e. The number of benzene rings is 1. The van der Waals surface area contributed by atoms with Crippen LogP contribution in [0, 0.1) is 0 Å². The summed E-state index contributed by atoms with van der Waals surface area (Å²) in [6, 6.07) is 8.39. The lowest BCUT2D eigenvalue weighted by molar-refractivity contribution is 0.262. The Labute approximate surface area is 117 Å². The van der Waals surface area contributed by atoms with E-state index in [1.54, 1.807) is 6.20 Å². The number of imidazole rings is 1. The molecule has 1 unspecified atom stereocenters. The molecule has 0 spiro atoms. The van der Waals surface area contributed by atoms with Crippen molar-refractivity contribution in [2.75, 3.05) is 11.5 Å². The Morgan fingerprint density at radius 3 is 2.89 bits per heavy atom. The van der Waals surface area contributed by atoms with Crippen molar-refractivity contribution in [3.63, 3.8) is 0 Å². The van der Waals surface area contributed by atoms with Gasteiger partial charge in [0.05, 0.1) is 25.4 Å². The van der Waals surface area contributed by atoms with Gasteiger partial charge in [-0.3, -0.25) is 0 Å². The first-order valence-corrected chi connectivity index (χ1v) is 6.70. The molecule has 4 nitrogen and oxygen atoms in total. The molecule has 5 heteroatoms. The van der Waals surface area contributed by atoms with Crippen LogP contribution in [0.25, 0.3) is 0 Å². The number of aliphatic hydroxyl groups excluding tert-OH is 1. The second kappa shape index (κ2) is 4.87. The molecule has 2 heterocycles. The summed E-state index contributed by atoms with van der Waals surface area (Å²) in [6.07, 6.45) is 2.54. The van der Waals surface area contributed by atoms with E-state index in [0.29, 0.717) is 11.7 Å². The Hall–Kier alpha value is -1.52. The molecule has 3 rings (SSSR count). The molecular weight excluding hydrogens is 262 g/mol. The summed E-state index contributed by atoms with van der Waals surface area (Å²) in [7, 11) is 1.90. The number of aliphatic hydroxyl groups is 1. The van der Waals surface area contributed by atoms with Gasteiger partial charge in [-0.2, -0.15) is 0 Å². The fourth-order valence-corrected chi connectivity index (χ4v) is 2.77. The Morgan fingerprint density at radius 1 is 1.42 bits per heavy atom. The zero-order valence-corrected chi connectivity index (χ0v) is 11.5. The van der Waals surface area contributed by atoms with E-state index in [-0.39, 0.29) is 12.6 Å². The Bertz CT molecular complexity index is 596. The lowest BCUT2D eigenvalue weighted by atomic mass is 10.1. The second-order valence-electron chi connectivity index (χ2n) is 4.85. The first-order chi connectivity index (χ1) is 9.20. The molecule has 0 radical (unpaired) electrons. The van der Waals surface area contributed by atoms with Crippen molar-refractivity contribution >= 4 is 17.3 Å². The Kier molecular flexibility index (Phi) is 3.21. The summed E-state index contributed by atoms with van der Waals surface area (Å²) in [5.41, 5.74) is 2.46. The smallest absolute Gasteiger partial charge is 0.129 e. The number of halogens is 1. The maximum Gasteiger partial charge on any atom is 0.129 e. The van der Waals surface area contributed by atoms with Gasteiger partial charge in [-0.25, -0.2) is 4.98 Å². The fourth-order valence-electron chi connectivity index (χ4n) is 2.63. The Balaban J connectivity index is 1.92. The van der Waals surface area contributed by atoms with Crippen molar-refractivity contribution < 1.29 is 5.11 Å². The van der Waals surface area contributed by atoms with E-state index in [1.165, 1.54) is 11.3 Å². The highest BCUT2D eigenvalue weighted by Gasteiger charge is 2.29. The highest BCUT2D eigenvalue weighted by Crippen LogP contribution is 2.33. The third kappa shape index (κ3) is 2.11. The summed E-state index contributed by atoms with van der Waals surface area (Å²) >= 11 is 6.02. The van der Waals surface area contributed by atoms with Crippen LogP contribution in [0.2, 0.25) is 5.15 Å². The maximum absolute atomic E-state index is 9.57. The molecule has 1 aromatic carbocycles. The highest BCUT2D eigenvalue weighted by atomic mass is 35.5. The standard InChI is InChI=1S/C14H16ClN3O/c1-17-13(15)7-16-14(17)8-18-11(9-19)6-10-4-2-3-5-12(10)18/h2-5,7,11,19H,6,8-9H2,1H3. The molecule has 1 atom stereocenters. The molecule has 0 bridgehead atoms. The van der Waals surface area contributed by atoms with Crippen molar-refractivity contribution in [1.29, 1.82) is 0 Å². The third-order valence-electron chi connectivity index (χ3n) is 3.75. The van der Waals surface area contributed by atoms with E-state index in [2.05, 4.69) is 22.0 Å². The van der Waals surface area contributed by atoms with Gasteiger partial charge in [0.15, 0.2) is 0 Å². The van der Waals surface area contributed by atoms with Crippen molar-refractivity contribution in [2.45, 2.75) is 19.0 Å². The lowest BCUT2D eigenvalue weighted by Gasteiger charge is -2.25. The maximum atomic E-state index is 9.57. The first kappa shape index (κ1) is 12.5. The summed E-state index contributed by atoms with van der Waals surface area (Å²) in [6.45, 7) is 0.804. The predicted molar refractivity (Wildman–Crippen MR) is 75.4 cm³/mol. The van der Waals surface area contributed by atoms with Gasteiger partial charge in [0.1, 0.15) is 11.0 Å². The number of para-hydroxylation sites is 1. The molecule has 100 valence electrons. The molecular formula is C14H16ClN3O. The minimum absolute atomic E-state index is 0.118. The largest absolute Gasteiger partial charge is 0.394 e. The van der Waals surface area contributed by atoms with Crippen LogP contribution < -0.4 is 4.90 Å². The molecule has 0 amide bonds. The number of rotatable bonds is 3. The van der Waals surface area contributed by atoms with Gasteiger partial charge in [-0.15, -0.1) is 0 Å². The van der Waals surface area contributed by atoms with Crippen LogP contribution >= 0.6 is 11.6 Å². The average molecular weight is 278 g/mol. The quantitative estimate of drug-likeness (QED) is 0.933. The van der Waals surface area contributed by atoms with Crippen molar-refractivity contribution in [3.8, 4) is 0 Å². The number of aromatic nitrogens is 2. The van der Waals surface area contributed by atoms with Gasteiger partial charge in [0.25, 0.3) is 0 Å². The van der Waals surface area contributed by atoms with Crippen molar-refractivity contribution in [2.24, 2.45) is 7.05 Å². The molecule has 1 aliphatic rings. The van der Waals surface area contributed by atoms with Gasteiger partial charge < -0.3 is 14.6 Å². The minimum atomic E-state index is 0.118. The molecule has 1 aromatic heterocycles. The summed E-state index contributed by atoms with van der Waals surface area (Å²) in [5, 5.41) is 10.2.